The van der Waals surface area contributed by atoms with Crippen LogP contribution in [0.3, 0.4) is 0 Å². The van der Waals surface area contributed by atoms with Gasteiger partial charge in [-0.3, -0.25) is 18.7 Å². The minimum atomic E-state index is -2.82. The summed E-state index contributed by atoms with van der Waals surface area (Å²) in [6.07, 6.45) is 1.20. The second kappa shape index (κ2) is 2.95. The molecule has 0 bridgehead atoms. The van der Waals surface area contributed by atoms with Crippen molar-refractivity contribution in [3.8, 4) is 0 Å². The lowest BCUT2D eigenvalue weighted by molar-refractivity contribution is -0.128. The molecule has 4 nitrogen and oxygen atoms in total. The fourth-order valence-electron chi connectivity index (χ4n) is 0.304. The molecule has 0 atom stereocenters. The number of Topliss-reactive ketones (excluding diaryl/α,β-unsaturated/α-hetero) is 1. The average Bonchev–Trinajstić information content (AvgIpc) is 1.62. The molecule has 0 fully saturated rings. The van der Waals surface area contributed by atoms with Gasteiger partial charge in [0.05, 0.1) is 0 Å². The minimum Gasteiger partial charge on any atom is -0.299 e. The van der Waals surface area contributed by atoms with Crippen LogP contribution in [0.5, 0.6) is 0 Å². The number of carbonyl (C=O) groups is 2. The van der Waals surface area contributed by atoms with Crippen LogP contribution in [-0.2, 0) is 9.59 Å². The lowest BCUT2D eigenvalue weighted by Crippen LogP contribution is -2.12. The number of rotatable bonds is 3. The van der Waals surface area contributed by atoms with Crippen LogP contribution in [0.15, 0.2) is 0 Å². The molecule has 0 aromatic heterocycles. The fraction of sp³-hybridized carbons (Fsp3) is 0.500. The third kappa shape index (κ3) is 5.48. The zero-order chi connectivity index (χ0) is 7.49. The van der Waals surface area contributed by atoms with E-state index in [9.17, 15) is 9.59 Å². The van der Waals surface area contributed by atoms with Crippen LogP contribution < -0.4 is 0 Å². The summed E-state index contributed by atoms with van der Waals surface area (Å²) in [5, 5.41) is 0. The Bertz CT molecular complexity index is 125. The van der Waals surface area contributed by atoms with E-state index < -0.39 is 22.1 Å². The molecule has 5 heteroatoms. The molecule has 0 aliphatic carbocycles. The Morgan fingerprint density at radius 1 is 1.67 bits per heavy atom. The molecule has 0 amide bonds. The van der Waals surface area contributed by atoms with Gasteiger partial charge in [0.2, 0.25) is 5.78 Å². The molecular formula is C4H8O4S. The molecule has 0 saturated carbocycles. The largest absolute Gasteiger partial charge is 0.299 e. The molecule has 2 N–H and O–H groups in total. The van der Waals surface area contributed by atoms with Crippen LogP contribution in [0.1, 0.15) is 0 Å². The van der Waals surface area contributed by atoms with Gasteiger partial charge in [-0.25, -0.2) is 0 Å². The van der Waals surface area contributed by atoms with Crippen LogP contribution >= 0.6 is 10.6 Å². The summed E-state index contributed by atoms with van der Waals surface area (Å²) in [4.78, 5) is 19.8. The highest BCUT2D eigenvalue weighted by atomic mass is 32.3. The molecule has 0 radical (unpaired) electrons. The quantitative estimate of drug-likeness (QED) is 0.445. The fourth-order valence-corrected chi connectivity index (χ4v) is 0.911. The van der Waals surface area contributed by atoms with Crippen LogP contribution in [0, 0.1) is 0 Å². The van der Waals surface area contributed by atoms with Crippen LogP contribution in [0.4, 0.5) is 0 Å². The van der Waals surface area contributed by atoms with Crippen molar-refractivity contribution in [3.05, 3.63) is 0 Å². The average molecular weight is 152 g/mol. The van der Waals surface area contributed by atoms with Crippen LogP contribution in [0.2, 0.25) is 0 Å². The van der Waals surface area contributed by atoms with E-state index in [1.807, 2.05) is 0 Å². The van der Waals surface area contributed by atoms with Gasteiger partial charge in [-0.1, -0.05) is 0 Å². The van der Waals surface area contributed by atoms with E-state index >= 15 is 0 Å². The van der Waals surface area contributed by atoms with Gasteiger partial charge in [0.15, 0.2) is 6.29 Å². The summed E-state index contributed by atoms with van der Waals surface area (Å²) in [6.45, 7) is 0. The first-order valence-electron chi connectivity index (χ1n) is 2.14. The molecule has 0 aromatic carbocycles. The first-order chi connectivity index (χ1) is 3.95. The summed E-state index contributed by atoms with van der Waals surface area (Å²) < 4.78 is 17.2. The van der Waals surface area contributed by atoms with Crippen molar-refractivity contribution >= 4 is 22.7 Å². The Balaban J connectivity index is 3.74. The number of aldehydes is 1. The maximum Gasteiger partial charge on any atom is 0.214 e. The molecule has 0 heterocycles. The lowest BCUT2D eigenvalue weighted by atomic mass is 10.5. The molecule has 0 saturated heterocycles. The molecule has 0 aromatic rings. The van der Waals surface area contributed by atoms with E-state index in [2.05, 4.69) is 0 Å². The summed E-state index contributed by atoms with van der Waals surface area (Å²) in [5.74, 6) is -1.24. The van der Waals surface area contributed by atoms with Crippen molar-refractivity contribution < 1.29 is 18.7 Å². The van der Waals surface area contributed by atoms with Crippen molar-refractivity contribution in [1.82, 2.24) is 0 Å². The van der Waals surface area contributed by atoms with Gasteiger partial charge >= 0.3 is 0 Å². The SMILES string of the molecule is CS(O)(O)CC(=O)C=O. The van der Waals surface area contributed by atoms with Gasteiger partial charge in [-0.05, 0) is 0 Å². The summed E-state index contributed by atoms with van der Waals surface area (Å²) in [5.41, 5.74) is 0. The molecule has 0 aliphatic rings. The smallest absolute Gasteiger partial charge is 0.214 e. The van der Waals surface area contributed by atoms with E-state index in [1.165, 1.54) is 0 Å². The van der Waals surface area contributed by atoms with Gasteiger partial charge in [0.25, 0.3) is 0 Å². The Morgan fingerprint density at radius 2 is 2.11 bits per heavy atom. The second-order valence-corrected chi connectivity index (χ2v) is 4.00. The minimum absolute atomic E-state index is 0.0810. The van der Waals surface area contributed by atoms with Crippen molar-refractivity contribution in [2.45, 2.75) is 0 Å². The Hall–Kier alpha value is -0.390. The van der Waals surface area contributed by atoms with Crippen molar-refractivity contribution in [2.75, 3.05) is 12.0 Å². The van der Waals surface area contributed by atoms with Crippen molar-refractivity contribution in [2.24, 2.45) is 0 Å². The Labute approximate surface area is 54.2 Å². The number of hydrogen-bond acceptors (Lipinski definition) is 4. The zero-order valence-corrected chi connectivity index (χ0v) is 5.72. The first-order valence-corrected chi connectivity index (χ1v) is 4.27. The van der Waals surface area contributed by atoms with Gasteiger partial charge in [0, 0.05) is 6.26 Å². The third-order valence-electron chi connectivity index (χ3n) is 0.547. The molecule has 0 spiro atoms. The predicted molar refractivity (Wildman–Crippen MR) is 34.7 cm³/mol. The highest BCUT2D eigenvalue weighted by Gasteiger charge is 2.09. The topological polar surface area (TPSA) is 74.6 Å². The maximum atomic E-state index is 10.2. The van der Waals surface area contributed by atoms with Gasteiger partial charge in [0.1, 0.15) is 5.75 Å². The molecular weight excluding hydrogens is 144 g/mol. The Kier molecular flexibility index (Phi) is 2.83. The van der Waals surface area contributed by atoms with Gasteiger partial charge in [-0.15, -0.1) is 0 Å². The third-order valence-corrected chi connectivity index (χ3v) is 1.38. The van der Waals surface area contributed by atoms with Crippen LogP contribution in [-0.4, -0.2) is 33.2 Å². The van der Waals surface area contributed by atoms with Crippen molar-refractivity contribution in [1.29, 1.82) is 0 Å². The van der Waals surface area contributed by atoms with Gasteiger partial charge < -0.3 is 0 Å². The normalized spacial score (nSPS) is 12.8. The lowest BCUT2D eigenvalue weighted by Gasteiger charge is -2.23. The van der Waals surface area contributed by atoms with E-state index in [1.54, 1.807) is 0 Å². The van der Waals surface area contributed by atoms with Crippen LogP contribution in [0.25, 0.3) is 0 Å². The number of ketones is 1. The molecule has 0 aliphatic heterocycles. The van der Waals surface area contributed by atoms with E-state index in [0.29, 0.717) is 0 Å². The number of carbonyl (C=O) groups excluding carboxylic acids is 2. The monoisotopic (exact) mass is 152 g/mol. The highest BCUT2D eigenvalue weighted by molar-refractivity contribution is 8.24. The molecule has 9 heavy (non-hydrogen) atoms. The molecule has 0 rings (SSSR count). The predicted octanol–water partition coefficient (Wildman–Crippen LogP) is 0.135. The number of hydrogen-bond donors (Lipinski definition) is 2. The van der Waals surface area contributed by atoms with Gasteiger partial charge in [-0.2, -0.15) is 10.6 Å². The maximum absolute atomic E-state index is 10.2. The molecule has 0 unspecified atom stereocenters. The second-order valence-electron chi connectivity index (χ2n) is 1.72. The zero-order valence-electron chi connectivity index (χ0n) is 4.90. The van der Waals surface area contributed by atoms with E-state index in [4.69, 9.17) is 9.11 Å². The Morgan fingerprint density at radius 3 is 2.22 bits per heavy atom. The summed E-state index contributed by atoms with van der Waals surface area (Å²) in [7, 11) is -2.82. The highest BCUT2D eigenvalue weighted by Crippen LogP contribution is 2.31. The molecule has 54 valence electrons. The van der Waals surface area contributed by atoms with E-state index in [0.717, 1.165) is 6.26 Å². The standard InChI is InChI=1S/C4H8O4S/c1-9(7,8)3-4(6)2-5/h2,7-8H,3H2,1H3. The van der Waals surface area contributed by atoms with E-state index in [-0.39, 0.29) is 6.29 Å². The van der Waals surface area contributed by atoms with Crippen molar-refractivity contribution in [3.63, 3.8) is 0 Å². The summed E-state index contributed by atoms with van der Waals surface area (Å²) in [6, 6.07) is 0. The summed E-state index contributed by atoms with van der Waals surface area (Å²) >= 11 is 0. The first kappa shape index (κ1) is 8.61.